The Balaban J connectivity index is 1.43. The molecule has 0 radical (unpaired) electrons. The van der Waals surface area contributed by atoms with Gasteiger partial charge in [0.1, 0.15) is 0 Å². The van der Waals surface area contributed by atoms with Crippen molar-refractivity contribution in [2.24, 2.45) is 11.8 Å². The lowest BCUT2D eigenvalue weighted by Gasteiger charge is -2.29. The Hall–Kier alpha value is -1.60. The minimum absolute atomic E-state index is 0.0827. The highest BCUT2D eigenvalue weighted by atomic mass is 32.2. The molecule has 4 atom stereocenters. The first-order valence-electron chi connectivity index (χ1n) is 9.17. The Morgan fingerprint density at radius 3 is 3.12 bits per heavy atom. The number of hydrogen-bond donors (Lipinski definition) is 1. The molecule has 0 saturated carbocycles. The Bertz CT molecular complexity index is 728. The van der Waals surface area contributed by atoms with Crippen LogP contribution in [0.2, 0.25) is 0 Å². The quantitative estimate of drug-likeness (QED) is 0.844. The van der Waals surface area contributed by atoms with Gasteiger partial charge in [0.25, 0.3) is 5.91 Å². The van der Waals surface area contributed by atoms with E-state index >= 15 is 0 Å². The molecule has 3 aliphatic rings. The van der Waals surface area contributed by atoms with Crippen LogP contribution >= 0.6 is 11.8 Å². The number of aryl methyl sites for hydroxylation is 1. The summed E-state index contributed by atoms with van der Waals surface area (Å²) in [7, 11) is 0. The number of carbonyl (C=O) groups is 2. The highest BCUT2D eigenvalue weighted by Crippen LogP contribution is 2.54. The molecule has 3 fully saturated rings. The summed E-state index contributed by atoms with van der Waals surface area (Å²) in [6.07, 6.45) is 7.51. The van der Waals surface area contributed by atoms with E-state index in [4.69, 9.17) is 4.74 Å². The van der Waals surface area contributed by atoms with Gasteiger partial charge in [-0.15, -0.1) is 0 Å². The first-order chi connectivity index (χ1) is 12.5. The van der Waals surface area contributed by atoms with Crippen molar-refractivity contribution < 1.29 is 14.3 Å². The van der Waals surface area contributed by atoms with Crippen molar-refractivity contribution in [1.29, 1.82) is 0 Å². The first kappa shape index (κ1) is 17.8. The number of fused-ring (bicyclic) bond motifs is 1. The molecule has 2 bridgehead atoms. The van der Waals surface area contributed by atoms with Crippen LogP contribution in [0.15, 0.2) is 18.5 Å². The fourth-order valence-corrected chi connectivity index (χ4v) is 5.31. The molecule has 3 saturated heterocycles. The number of aromatic nitrogens is 1. The van der Waals surface area contributed by atoms with Crippen molar-refractivity contribution in [1.82, 2.24) is 15.2 Å². The fraction of sp³-hybridized carbons (Fsp3) is 0.632. The van der Waals surface area contributed by atoms with Crippen LogP contribution in [-0.4, -0.2) is 65.0 Å². The Kier molecular flexibility index (Phi) is 4.69. The van der Waals surface area contributed by atoms with E-state index in [0.717, 1.165) is 24.9 Å². The van der Waals surface area contributed by atoms with Crippen LogP contribution in [0.4, 0.5) is 0 Å². The van der Waals surface area contributed by atoms with E-state index in [1.54, 1.807) is 24.2 Å². The summed E-state index contributed by atoms with van der Waals surface area (Å²) < 4.78 is 6.35. The number of amides is 2. The van der Waals surface area contributed by atoms with E-state index in [1.165, 1.54) is 0 Å². The standard InChI is InChI=1S/C19H25N3O3S/c1-12-4-6-20-7-13(12)18(24)21-8-14-15-9-22(17(23)10-26-2)11-19(15)5-3-16(14)25-19/h4,6-7,14-16H,3,5,8-11H2,1-2H3,(H,21,24)/t14-,15+,16+,19+/m0/s1. The average Bonchev–Trinajstić information content (AvgIpc) is 3.28. The number of hydrogen-bond acceptors (Lipinski definition) is 5. The van der Waals surface area contributed by atoms with Crippen LogP contribution in [0.25, 0.3) is 0 Å². The molecule has 1 aromatic rings. The largest absolute Gasteiger partial charge is 0.369 e. The van der Waals surface area contributed by atoms with E-state index in [2.05, 4.69) is 10.3 Å². The molecule has 1 spiro atoms. The summed E-state index contributed by atoms with van der Waals surface area (Å²) in [5, 5.41) is 3.08. The Labute approximate surface area is 158 Å². The maximum atomic E-state index is 12.5. The summed E-state index contributed by atoms with van der Waals surface area (Å²) in [5.41, 5.74) is 1.36. The summed E-state index contributed by atoms with van der Waals surface area (Å²) in [6, 6.07) is 1.84. The van der Waals surface area contributed by atoms with Gasteiger partial charge in [-0.3, -0.25) is 14.6 Å². The number of carbonyl (C=O) groups excluding carboxylic acids is 2. The summed E-state index contributed by atoms with van der Waals surface area (Å²) >= 11 is 1.56. The van der Waals surface area contributed by atoms with Gasteiger partial charge < -0.3 is 15.0 Å². The minimum Gasteiger partial charge on any atom is -0.369 e. The Morgan fingerprint density at radius 2 is 2.35 bits per heavy atom. The van der Waals surface area contributed by atoms with Crippen molar-refractivity contribution in [3.63, 3.8) is 0 Å². The lowest BCUT2D eigenvalue weighted by Crippen LogP contribution is -2.42. The molecule has 0 unspecified atom stereocenters. The van der Waals surface area contributed by atoms with Gasteiger partial charge in [-0.05, 0) is 37.7 Å². The third kappa shape index (κ3) is 2.91. The summed E-state index contributed by atoms with van der Waals surface area (Å²) in [4.78, 5) is 30.8. The predicted molar refractivity (Wildman–Crippen MR) is 100 cm³/mol. The number of thioether (sulfide) groups is 1. The Morgan fingerprint density at radius 1 is 1.50 bits per heavy atom. The van der Waals surface area contributed by atoms with Crippen molar-refractivity contribution in [3.05, 3.63) is 29.6 Å². The number of pyridine rings is 1. The topological polar surface area (TPSA) is 71.5 Å². The first-order valence-corrected chi connectivity index (χ1v) is 10.6. The predicted octanol–water partition coefficient (Wildman–Crippen LogP) is 1.49. The molecular weight excluding hydrogens is 350 g/mol. The molecule has 4 rings (SSSR count). The number of nitrogens with zero attached hydrogens (tertiary/aromatic N) is 2. The average molecular weight is 375 g/mol. The van der Waals surface area contributed by atoms with Gasteiger partial charge in [-0.2, -0.15) is 11.8 Å². The fourth-order valence-electron chi connectivity index (χ4n) is 4.88. The highest BCUT2D eigenvalue weighted by Gasteiger charge is 2.63. The molecule has 6 nitrogen and oxygen atoms in total. The van der Waals surface area contributed by atoms with Crippen LogP contribution < -0.4 is 5.32 Å². The molecule has 1 aromatic heterocycles. The third-order valence-electron chi connectivity index (χ3n) is 6.19. The van der Waals surface area contributed by atoms with Gasteiger partial charge >= 0.3 is 0 Å². The molecule has 4 heterocycles. The van der Waals surface area contributed by atoms with E-state index in [1.807, 2.05) is 24.1 Å². The molecule has 0 aliphatic carbocycles. The van der Waals surface area contributed by atoms with Crippen LogP contribution in [0.1, 0.15) is 28.8 Å². The lowest BCUT2D eigenvalue weighted by atomic mass is 9.73. The van der Waals surface area contributed by atoms with Crippen LogP contribution in [0, 0.1) is 18.8 Å². The maximum absolute atomic E-state index is 12.5. The highest BCUT2D eigenvalue weighted by molar-refractivity contribution is 7.99. The monoisotopic (exact) mass is 375 g/mol. The van der Waals surface area contributed by atoms with Gasteiger partial charge in [0.2, 0.25) is 5.91 Å². The van der Waals surface area contributed by atoms with Crippen LogP contribution in [-0.2, 0) is 9.53 Å². The van der Waals surface area contributed by atoms with Crippen molar-refractivity contribution in [3.8, 4) is 0 Å². The molecule has 2 amide bonds. The van der Waals surface area contributed by atoms with Crippen LogP contribution in [0.3, 0.4) is 0 Å². The van der Waals surface area contributed by atoms with Crippen molar-refractivity contribution in [2.45, 2.75) is 31.5 Å². The molecule has 1 N–H and O–H groups in total. The number of nitrogens with one attached hydrogen (secondary N) is 1. The molecule has 3 aliphatic heterocycles. The smallest absolute Gasteiger partial charge is 0.253 e. The number of ether oxygens (including phenoxy) is 1. The zero-order valence-electron chi connectivity index (χ0n) is 15.2. The zero-order valence-corrected chi connectivity index (χ0v) is 16.1. The molecule has 7 heteroatoms. The number of rotatable bonds is 5. The van der Waals surface area contributed by atoms with Gasteiger partial charge in [-0.25, -0.2) is 0 Å². The summed E-state index contributed by atoms with van der Waals surface area (Å²) in [5.74, 6) is 1.23. The van der Waals surface area contributed by atoms with E-state index in [0.29, 0.717) is 30.3 Å². The SMILES string of the molecule is CSCC(=O)N1C[C@@H]2[C@H](CNC(=O)c3cnccc3C)[C@H]3CC[C@]2(C1)O3. The second kappa shape index (κ2) is 6.85. The second-order valence-electron chi connectivity index (χ2n) is 7.64. The summed E-state index contributed by atoms with van der Waals surface area (Å²) in [6.45, 7) is 3.97. The third-order valence-corrected chi connectivity index (χ3v) is 6.72. The molecule has 0 aromatic carbocycles. The van der Waals surface area contributed by atoms with E-state index in [-0.39, 0.29) is 29.4 Å². The van der Waals surface area contributed by atoms with Crippen molar-refractivity contribution >= 4 is 23.6 Å². The normalized spacial score (nSPS) is 31.9. The maximum Gasteiger partial charge on any atom is 0.253 e. The van der Waals surface area contributed by atoms with Crippen molar-refractivity contribution in [2.75, 3.05) is 31.6 Å². The van der Waals surface area contributed by atoms with E-state index in [9.17, 15) is 9.59 Å². The lowest BCUT2D eigenvalue weighted by molar-refractivity contribution is -0.128. The zero-order chi connectivity index (χ0) is 18.3. The van der Waals surface area contributed by atoms with Gasteiger partial charge in [0, 0.05) is 37.3 Å². The van der Waals surface area contributed by atoms with Crippen LogP contribution in [0.5, 0.6) is 0 Å². The molecular formula is C19H25N3O3S. The second-order valence-corrected chi connectivity index (χ2v) is 8.50. The van der Waals surface area contributed by atoms with Gasteiger partial charge in [0.05, 0.1) is 29.6 Å². The minimum atomic E-state index is -0.182. The van der Waals surface area contributed by atoms with E-state index < -0.39 is 0 Å². The van der Waals surface area contributed by atoms with Gasteiger partial charge in [-0.1, -0.05) is 0 Å². The molecule has 26 heavy (non-hydrogen) atoms. The number of likely N-dealkylation sites (tertiary alicyclic amines) is 1. The molecule has 140 valence electrons. The van der Waals surface area contributed by atoms with Gasteiger partial charge in [0.15, 0.2) is 0 Å².